The number of hydrogen-bond acceptors (Lipinski definition) is 4. The van der Waals surface area contributed by atoms with Gasteiger partial charge in [-0.2, -0.15) is 0 Å². The summed E-state index contributed by atoms with van der Waals surface area (Å²) in [5, 5.41) is 12.5. The summed E-state index contributed by atoms with van der Waals surface area (Å²) in [6, 6.07) is 18.6. The normalized spacial score (nSPS) is 10.4. The van der Waals surface area contributed by atoms with Gasteiger partial charge >= 0.3 is 5.97 Å². The largest absolute Gasteiger partial charge is 0.493 e. The van der Waals surface area contributed by atoms with Gasteiger partial charge in [-0.15, -0.1) is 0 Å². The van der Waals surface area contributed by atoms with Crippen molar-refractivity contribution in [1.82, 2.24) is 0 Å². The van der Waals surface area contributed by atoms with Crippen molar-refractivity contribution < 1.29 is 19.4 Å². The molecule has 0 aliphatic rings. The Balaban J connectivity index is 1.76. The summed E-state index contributed by atoms with van der Waals surface area (Å²) in [4.78, 5) is 11.1. The van der Waals surface area contributed by atoms with Crippen molar-refractivity contribution in [2.75, 3.05) is 12.4 Å². The first-order valence-electron chi connectivity index (χ1n) is 9.09. The van der Waals surface area contributed by atoms with Gasteiger partial charge in [0.25, 0.3) is 0 Å². The number of carbonyl (C=O) groups is 1. The van der Waals surface area contributed by atoms with E-state index >= 15 is 0 Å². The molecule has 6 heteroatoms. The second-order valence-corrected chi connectivity index (χ2v) is 6.98. The van der Waals surface area contributed by atoms with Crippen molar-refractivity contribution >= 4 is 23.3 Å². The van der Waals surface area contributed by atoms with Crippen LogP contribution in [0.2, 0.25) is 5.02 Å². The third kappa shape index (κ3) is 5.21. The van der Waals surface area contributed by atoms with Gasteiger partial charge in [-0.05, 0) is 36.8 Å². The molecular weight excluding hydrogens is 390 g/mol. The number of para-hydroxylation sites is 1. The summed E-state index contributed by atoms with van der Waals surface area (Å²) in [6.45, 7) is 2.93. The molecule has 3 aromatic carbocycles. The zero-order valence-corrected chi connectivity index (χ0v) is 17.0. The Bertz CT molecular complexity index is 1000. The summed E-state index contributed by atoms with van der Waals surface area (Å²) >= 11 is 6.05. The minimum Gasteiger partial charge on any atom is -0.493 e. The standard InChI is InChI=1S/C23H22ClNO4/c1-15-6-8-16(9-7-15)14-29-22-17(4-3-5-21(22)28-2)13-25-18-10-11-19(23(26)27)20(24)12-18/h3-12,25H,13-14H2,1-2H3,(H,26,27). The van der Waals surface area contributed by atoms with Crippen LogP contribution in [0.25, 0.3) is 0 Å². The molecule has 0 aliphatic carbocycles. The highest BCUT2D eigenvalue weighted by molar-refractivity contribution is 6.33. The summed E-state index contributed by atoms with van der Waals surface area (Å²) in [5.41, 5.74) is 3.96. The van der Waals surface area contributed by atoms with Crippen molar-refractivity contribution in [3.05, 3.63) is 87.9 Å². The molecule has 0 bridgehead atoms. The minimum absolute atomic E-state index is 0.0701. The number of ether oxygens (including phenoxy) is 2. The van der Waals surface area contributed by atoms with Crippen LogP contribution < -0.4 is 14.8 Å². The molecule has 0 heterocycles. The molecule has 2 N–H and O–H groups in total. The highest BCUT2D eigenvalue weighted by Crippen LogP contribution is 2.32. The van der Waals surface area contributed by atoms with Crippen LogP contribution in [0.1, 0.15) is 27.0 Å². The monoisotopic (exact) mass is 411 g/mol. The van der Waals surface area contributed by atoms with Crippen molar-refractivity contribution in [2.24, 2.45) is 0 Å². The number of hydrogen-bond donors (Lipinski definition) is 2. The Labute approximate surface area is 174 Å². The number of rotatable bonds is 8. The fraction of sp³-hybridized carbons (Fsp3) is 0.174. The van der Waals surface area contributed by atoms with Crippen LogP contribution in [0.15, 0.2) is 60.7 Å². The molecular formula is C23H22ClNO4. The van der Waals surface area contributed by atoms with Gasteiger partial charge in [0.05, 0.1) is 17.7 Å². The van der Waals surface area contributed by atoms with E-state index in [9.17, 15) is 4.79 Å². The summed E-state index contributed by atoms with van der Waals surface area (Å²) < 4.78 is 11.5. The van der Waals surface area contributed by atoms with E-state index in [1.807, 2.05) is 49.4 Å². The number of nitrogens with one attached hydrogen (secondary N) is 1. The van der Waals surface area contributed by atoms with E-state index in [0.29, 0.717) is 30.3 Å². The van der Waals surface area contributed by atoms with E-state index in [1.165, 1.54) is 11.6 Å². The average Bonchev–Trinajstić information content (AvgIpc) is 2.71. The molecule has 3 rings (SSSR count). The first kappa shape index (κ1) is 20.6. The number of halogens is 1. The first-order chi connectivity index (χ1) is 14.0. The summed E-state index contributed by atoms with van der Waals surface area (Å²) in [7, 11) is 1.61. The molecule has 0 aliphatic heterocycles. The van der Waals surface area contributed by atoms with E-state index in [0.717, 1.165) is 11.1 Å². The van der Waals surface area contributed by atoms with Crippen molar-refractivity contribution in [3.8, 4) is 11.5 Å². The van der Waals surface area contributed by atoms with Crippen LogP contribution in [0, 0.1) is 6.92 Å². The zero-order chi connectivity index (χ0) is 20.8. The Morgan fingerprint density at radius 3 is 2.52 bits per heavy atom. The molecule has 3 aromatic rings. The van der Waals surface area contributed by atoms with Gasteiger partial charge < -0.3 is 19.9 Å². The Morgan fingerprint density at radius 1 is 1.10 bits per heavy atom. The molecule has 0 amide bonds. The Morgan fingerprint density at radius 2 is 1.86 bits per heavy atom. The van der Waals surface area contributed by atoms with Gasteiger partial charge in [-0.1, -0.05) is 53.6 Å². The molecule has 5 nitrogen and oxygen atoms in total. The van der Waals surface area contributed by atoms with Gasteiger partial charge in [0, 0.05) is 17.8 Å². The molecule has 0 unspecified atom stereocenters. The molecule has 0 saturated carbocycles. The van der Waals surface area contributed by atoms with E-state index in [4.69, 9.17) is 26.2 Å². The fourth-order valence-electron chi connectivity index (χ4n) is 2.86. The van der Waals surface area contributed by atoms with Crippen LogP contribution in [-0.2, 0) is 13.2 Å². The second kappa shape index (κ2) is 9.34. The predicted octanol–water partition coefficient (Wildman–Crippen LogP) is 5.55. The fourth-order valence-corrected chi connectivity index (χ4v) is 3.12. The average molecular weight is 412 g/mol. The SMILES string of the molecule is COc1cccc(CNc2ccc(C(=O)O)c(Cl)c2)c1OCc1ccc(C)cc1. The van der Waals surface area contributed by atoms with Gasteiger partial charge in [-0.3, -0.25) is 0 Å². The van der Waals surface area contributed by atoms with Crippen LogP contribution in [-0.4, -0.2) is 18.2 Å². The summed E-state index contributed by atoms with van der Waals surface area (Å²) in [6.07, 6.45) is 0. The van der Waals surface area contributed by atoms with Crippen LogP contribution in [0.4, 0.5) is 5.69 Å². The lowest BCUT2D eigenvalue weighted by atomic mass is 10.1. The van der Waals surface area contributed by atoms with Gasteiger partial charge in [0.2, 0.25) is 0 Å². The Hall–Kier alpha value is -3.18. The lowest BCUT2D eigenvalue weighted by molar-refractivity contribution is 0.0697. The van der Waals surface area contributed by atoms with Crippen molar-refractivity contribution in [2.45, 2.75) is 20.1 Å². The smallest absolute Gasteiger partial charge is 0.337 e. The van der Waals surface area contributed by atoms with Crippen LogP contribution in [0.5, 0.6) is 11.5 Å². The highest BCUT2D eigenvalue weighted by Gasteiger charge is 2.12. The minimum atomic E-state index is -1.05. The molecule has 150 valence electrons. The number of carboxylic acids is 1. The molecule has 29 heavy (non-hydrogen) atoms. The summed E-state index contributed by atoms with van der Waals surface area (Å²) in [5.74, 6) is 0.258. The molecule has 0 saturated heterocycles. The van der Waals surface area contributed by atoms with Crippen molar-refractivity contribution in [1.29, 1.82) is 0 Å². The van der Waals surface area contributed by atoms with Crippen molar-refractivity contribution in [3.63, 3.8) is 0 Å². The second-order valence-electron chi connectivity index (χ2n) is 6.58. The highest BCUT2D eigenvalue weighted by atomic mass is 35.5. The topological polar surface area (TPSA) is 67.8 Å². The number of aromatic carboxylic acids is 1. The van der Waals surface area contributed by atoms with E-state index in [1.54, 1.807) is 19.2 Å². The maximum absolute atomic E-state index is 11.1. The number of aryl methyl sites for hydroxylation is 1. The van der Waals surface area contributed by atoms with E-state index < -0.39 is 5.97 Å². The number of anilines is 1. The third-order valence-electron chi connectivity index (χ3n) is 4.47. The van der Waals surface area contributed by atoms with E-state index in [2.05, 4.69) is 5.32 Å². The van der Waals surface area contributed by atoms with Crippen LogP contribution >= 0.6 is 11.6 Å². The molecule has 0 fully saturated rings. The maximum Gasteiger partial charge on any atom is 0.337 e. The van der Waals surface area contributed by atoms with Gasteiger partial charge in [0.15, 0.2) is 11.5 Å². The zero-order valence-electron chi connectivity index (χ0n) is 16.2. The molecule has 0 radical (unpaired) electrons. The van der Waals surface area contributed by atoms with Gasteiger partial charge in [-0.25, -0.2) is 4.79 Å². The molecule has 0 spiro atoms. The third-order valence-corrected chi connectivity index (χ3v) is 4.78. The lowest BCUT2D eigenvalue weighted by Crippen LogP contribution is -2.06. The lowest BCUT2D eigenvalue weighted by Gasteiger charge is -2.16. The number of carboxylic acid groups (broad SMARTS) is 1. The maximum atomic E-state index is 11.1. The van der Waals surface area contributed by atoms with Gasteiger partial charge in [0.1, 0.15) is 6.61 Å². The Kier molecular flexibility index (Phi) is 6.62. The van der Waals surface area contributed by atoms with E-state index in [-0.39, 0.29) is 10.6 Å². The van der Waals surface area contributed by atoms with Crippen LogP contribution in [0.3, 0.4) is 0 Å². The number of methoxy groups -OCH3 is 1. The quantitative estimate of drug-likeness (QED) is 0.509. The first-order valence-corrected chi connectivity index (χ1v) is 9.46. The number of benzene rings is 3. The molecule has 0 atom stereocenters. The molecule has 0 aromatic heterocycles. The predicted molar refractivity (Wildman–Crippen MR) is 114 cm³/mol.